The number of nitrogens with zero attached hydrogens (tertiary/aromatic N) is 1. The highest BCUT2D eigenvalue weighted by Crippen LogP contribution is 2.43. The van der Waals surface area contributed by atoms with Gasteiger partial charge in [0.2, 0.25) is 0 Å². The summed E-state index contributed by atoms with van der Waals surface area (Å²) in [5, 5.41) is 0. The lowest BCUT2D eigenvalue weighted by Gasteiger charge is -2.24. The zero-order valence-electron chi connectivity index (χ0n) is 36.9. The Kier molecular flexibility index (Phi) is 37.5. The molecule has 2 atom stereocenters. The Morgan fingerprint density at radius 2 is 0.964 bits per heavy atom. The Morgan fingerprint density at radius 1 is 0.554 bits per heavy atom. The van der Waals surface area contributed by atoms with Crippen LogP contribution in [0.15, 0.2) is 36.5 Å². The van der Waals surface area contributed by atoms with Crippen LogP contribution in [0.3, 0.4) is 0 Å². The van der Waals surface area contributed by atoms with E-state index in [9.17, 15) is 19.0 Å². The summed E-state index contributed by atoms with van der Waals surface area (Å²) in [7, 11) is 1.45. The van der Waals surface area contributed by atoms with E-state index in [0.29, 0.717) is 17.4 Å². The monoisotopic (exact) mass is 813 g/mol. The lowest BCUT2D eigenvalue weighted by atomic mass is 10.0. The molecule has 0 aromatic heterocycles. The molecule has 0 amide bonds. The molecule has 0 heterocycles. The van der Waals surface area contributed by atoms with Crippen LogP contribution in [-0.2, 0) is 32.7 Å². The van der Waals surface area contributed by atoms with Gasteiger partial charge in [0, 0.05) is 12.8 Å². The summed E-state index contributed by atoms with van der Waals surface area (Å²) in [6.07, 6.45) is 43.4. The van der Waals surface area contributed by atoms with Crippen molar-refractivity contribution in [3.8, 4) is 0 Å². The van der Waals surface area contributed by atoms with Crippen molar-refractivity contribution in [2.75, 3.05) is 47.5 Å². The minimum Gasteiger partial charge on any atom is -0.462 e. The molecule has 0 aliphatic rings. The van der Waals surface area contributed by atoms with E-state index in [2.05, 4.69) is 50.3 Å². The summed E-state index contributed by atoms with van der Waals surface area (Å²) in [6.45, 7) is 4.36. The van der Waals surface area contributed by atoms with Gasteiger partial charge in [-0.25, -0.2) is 4.57 Å². The Morgan fingerprint density at radius 3 is 1.46 bits per heavy atom. The number of hydrogen-bond donors (Lipinski definition) is 1. The molecule has 0 bridgehead atoms. The van der Waals surface area contributed by atoms with E-state index in [0.717, 1.165) is 51.4 Å². The van der Waals surface area contributed by atoms with Gasteiger partial charge in [0.15, 0.2) is 6.10 Å². The topological polar surface area (TPSA) is 108 Å². The molecule has 0 fully saturated rings. The molecule has 0 aliphatic heterocycles. The maximum atomic E-state index is 12.7. The number of esters is 2. The second-order valence-electron chi connectivity index (χ2n) is 16.4. The van der Waals surface area contributed by atoms with Gasteiger partial charge in [-0.1, -0.05) is 166 Å². The maximum Gasteiger partial charge on any atom is 0.472 e. The third kappa shape index (κ3) is 41.9. The summed E-state index contributed by atoms with van der Waals surface area (Å²) < 4.78 is 34.3. The van der Waals surface area contributed by atoms with Crippen LogP contribution in [0.4, 0.5) is 0 Å². The molecule has 0 spiro atoms. The number of rotatable bonds is 41. The number of carbonyl (C=O) groups is 2. The van der Waals surface area contributed by atoms with Crippen LogP contribution in [-0.4, -0.2) is 74.9 Å². The fourth-order valence-electron chi connectivity index (χ4n) is 6.08. The van der Waals surface area contributed by atoms with Gasteiger partial charge >= 0.3 is 19.8 Å². The first-order valence-corrected chi connectivity index (χ1v) is 24.2. The molecule has 0 aromatic rings. The van der Waals surface area contributed by atoms with Gasteiger partial charge in [0.25, 0.3) is 0 Å². The fraction of sp³-hybridized carbons (Fsp3) is 0.826. The van der Waals surface area contributed by atoms with Gasteiger partial charge in [0.1, 0.15) is 19.8 Å². The van der Waals surface area contributed by atoms with Gasteiger partial charge < -0.3 is 18.9 Å². The molecule has 0 aromatic carbocycles. The van der Waals surface area contributed by atoms with Crippen LogP contribution in [0, 0.1) is 0 Å². The van der Waals surface area contributed by atoms with E-state index in [1.807, 2.05) is 21.1 Å². The van der Waals surface area contributed by atoms with E-state index in [1.54, 1.807) is 0 Å². The van der Waals surface area contributed by atoms with E-state index >= 15 is 0 Å². The van der Waals surface area contributed by atoms with Crippen molar-refractivity contribution < 1.29 is 42.1 Å². The number of phosphoric ester groups is 1. The molecule has 9 nitrogen and oxygen atoms in total. The fourth-order valence-corrected chi connectivity index (χ4v) is 6.82. The van der Waals surface area contributed by atoms with Gasteiger partial charge in [-0.05, 0) is 51.4 Å². The molecular formula is C46H87NO8P+. The molecule has 0 radical (unpaired) electrons. The predicted molar refractivity (Wildman–Crippen MR) is 234 cm³/mol. The van der Waals surface area contributed by atoms with Gasteiger partial charge in [-0.3, -0.25) is 18.6 Å². The maximum absolute atomic E-state index is 12.7. The highest BCUT2D eigenvalue weighted by Gasteiger charge is 2.27. The molecule has 0 rings (SSSR count). The molecule has 1 N–H and O–H groups in total. The molecule has 0 aliphatic carbocycles. The average Bonchev–Trinajstić information content (AvgIpc) is 3.15. The zero-order chi connectivity index (χ0) is 41.4. The first kappa shape index (κ1) is 54.2. The second-order valence-corrected chi connectivity index (χ2v) is 17.9. The lowest BCUT2D eigenvalue weighted by molar-refractivity contribution is -0.870. The van der Waals surface area contributed by atoms with Crippen LogP contribution >= 0.6 is 7.82 Å². The largest absolute Gasteiger partial charge is 0.472 e. The zero-order valence-corrected chi connectivity index (χ0v) is 37.8. The Balaban J connectivity index is 4.37. The number of likely N-dealkylation sites (N-methyl/N-ethyl adjacent to an activating group) is 1. The van der Waals surface area contributed by atoms with Crippen LogP contribution < -0.4 is 0 Å². The Hall–Kier alpha value is -1.77. The van der Waals surface area contributed by atoms with Crippen LogP contribution in [0.2, 0.25) is 0 Å². The number of unbranched alkanes of at least 4 members (excludes halogenated alkanes) is 21. The summed E-state index contributed by atoms with van der Waals surface area (Å²) >= 11 is 0. The number of phosphoric acid groups is 1. The number of ether oxygens (including phenoxy) is 2. The molecule has 1 unspecified atom stereocenters. The van der Waals surface area contributed by atoms with E-state index in [1.165, 1.54) is 109 Å². The standard InChI is InChI=1S/C46H86NO8P/c1-6-8-10-12-14-16-18-20-22-23-25-26-28-30-32-34-36-38-45(48)52-42-44(43-54-56(50,51)53-41-40-47(3,4)5)55-46(49)39-37-35-33-31-29-27-24-21-19-17-15-13-11-9-7-2/h15,17,21,24,29,31,44H,6-14,16,18-20,22-23,25-28,30,32-43H2,1-5H3/p+1/b17-15-,24-21-,31-29-/t44-/m1/s1. The number of quaternary nitrogens is 1. The van der Waals surface area contributed by atoms with E-state index in [4.69, 9.17) is 18.5 Å². The molecule has 10 heteroatoms. The third-order valence-electron chi connectivity index (χ3n) is 9.67. The Bertz CT molecular complexity index is 1050. The van der Waals surface area contributed by atoms with Crippen molar-refractivity contribution in [1.29, 1.82) is 0 Å². The number of hydrogen-bond acceptors (Lipinski definition) is 7. The van der Waals surface area contributed by atoms with Crippen LogP contribution in [0.1, 0.15) is 194 Å². The highest BCUT2D eigenvalue weighted by molar-refractivity contribution is 7.47. The molecular weight excluding hydrogens is 725 g/mol. The third-order valence-corrected chi connectivity index (χ3v) is 10.7. The second kappa shape index (κ2) is 38.7. The first-order valence-electron chi connectivity index (χ1n) is 22.7. The van der Waals surface area contributed by atoms with Crippen LogP contribution in [0.25, 0.3) is 0 Å². The highest BCUT2D eigenvalue weighted by atomic mass is 31.2. The Labute approximate surface area is 344 Å². The first-order chi connectivity index (χ1) is 27.0. The quantitative estimate of drug-likeness (QED) is 0.0214. The van der Waals surface area contributed by atoms with E-state index < -0.39 is 26.5 Å². The average molecular weight is 813 g/mol. The number of allylic oxidation sites excluding steroid dienone is 6. The SMILES string of the molecule is CCCCC/C=C\C/C=C\C/C=C\CCCCC(=O)O[C@H](COC(=O)CCCCCCCCCCCCCCCCCCC)COP(=O)(O)OCC[N+](C)(C)C. The summed E-state index contributed by atoms with van der Waals surface area (Å²) in [4.78, 5) is 35.4. The van der Waals surface area contributed by atoms with Crippen molar-refractivity contribution >= 4 is 19.8 Å². The molecule has 56 heavy (non-hydrogen) atoms. The molecule has 0 saturated heterocycles. The van der Waals surface area contributed by atoms with Crippen molar-refractivity contribution in [3.63, 3.8) is 0 Å². The number of carbonyl (C=O) groups excluding carboxylic acids is 2. The van der Waals surface area contributed by atoms with Crippen molar-refractivity contribution in [3.05, 3.63) is 36.5 Å². The van der Waals surface area contributed by atoms with Gasteiger partial charge in [-0.15, -0.1) is 0 Å². The minimum atomic E-state index is -4.38. The summed E-state index contributed by atoms with van der Waals surface area (Å²) in [6, 6.07) is 0. The lowest BCUT2D eigenvalue weighted by Crippen LogP contribution is -2.37. The van der Waals surface area contributed by atoms with E-state index in [-0.39, 0.29) is 32.0 Å². The summed E-state index contributed by atoms with van der Waals surface area (Å²) in [5.41, 5.74) is 0. The molecule has 0 saturated carbocycles. The van der Waals surface area contributed by atoms with Gasteiger partial charge in [-0.2, -0.15) is 0 Å². The predicted octanol–water partition coefficient (Wildman–Crippen LogP) is 12.9. The normalized spacial score (nSPS) is 13.9. The van der Waals surface area contributed by atoms with Crippen LogP contribution in [0.5, 0.6) is 0 Å². The summed E-state index contributed by atoms with van der Waals surface area (Å²) in [5.74, 6) is -0.838. The van der Waals surface area contributed by atoms with Crippen molar-refractivity contribution in [2.45, 2.75) is 200 Å². The minimum absolute atomic E-state index is 0.0251. The smallest absolute Gasteiger partial charge is 0.462 e. The van der Waals surface area contributed by atoms with Gasteiger partial charge in [0.05, 0.1) is 27.7 Å². The van der Waals surface area contributed by atoms with Crippen molar-refractivity contribution in [1.82, 2.24) is 0 Å². The molecule has 328 valence electrons. The van der Waals surface area contributed by atoms with Crippen molar-refractivity contribution in [2.24, 2.45) is 0 Å².